The minimum absolute atomic E-state index is 0.259. The first-order valence-corrected chi connectivity index (χ1v) is 12.8. The van der Waals surface area contributed by atoms with Crippen LogP contribution in [0.5, 0.6) is 0 Å². The Balaban J connectivity index is 1.40. The molecule has 168 valence electrons. The maximum Gasteiger partial charge on any atom is 0.233 e. The summed E-state index contributed by atoms with van der Waals surface area (Å²) in [6.45, 7) is 7.25. The lowest BCUT2D eigenvalue weighted by molar-refractivity contribution is -0.134. The number of hydrogen-bond donors (Lipinski definition) is 0. The number of benzene rings is 1. The Morgan fingerprint density at radius 1 is 1.06 bits per heavy atom. The van der Waals surface area contributed by atoms with Gasteiger partial charge in [0, 0.05) is 44.0 Å². The van der Waals surface area contributed by atoms with E-state index in [1.54, 1.807) is 0 Å². The van der Waals surface area contributed by atoms with E-state index in [4.69, 9.17) is 0 Å². The van der Waals surface area contributed by atoms with Crippen LogP contribution >= 0.6 is 11.8 Å². The largest absolute Gasteiger partial charge is 0.372 e. The van der Waals surface area contributed by atoms with Crippen molar-refractivity contribution in [3.63, 3.8) is 0 Å². The van der Waals surface area contributed by atoms with Crippen molar-refractivity contribution in [2.24, 2.45) is 13.0 Å². The number of aromatic nitrogens is 3. The van der Waals surface area contributed by atoms with Gasteiger partial charge in [0.1, 0.15) is 0 Å². The van der Waals surface area contributed by atoms with Crippen LogP contribution in [-0.4, -0.2) is 57.0 Å². The van der Waals surface area contributed by atoms with Crippen LogP contribution in [-0.2, 0) is 11.8 Å². The molecule has 2 heterocycles. The van der Waals surface area contributed by atoms with E-state index in [9.17, 15) is 4.79 Å². The van der Waals surface area contributed by atoms with Crippen molar-refractivity contribution in [3.8, 4) is 11.4 Å². The molecule has 0 radical (unpaired) electrons. The third-order valence-electron chi connectivity index (χ3n) is 6.98. The van der Waals surface area contributed by atoms with Crippen molar-refractivity contribution < 1.29 is 4.79 Å². The van der Waals surface area contributed by atoms with E-state index in [2.05, 4.69) is 58.1 Å². The number of anilines is 1. The highest BCUT2D eigenvalue weighted by Crippen LogP contribution is 2.36. The van der Waals surface area contributed by atoms with Gasteiger partial charge in [-0.05, 0) is 69.7 Å². The second-order valence-corrected chi connectivity index (χ2v) is 9.66. The molecule has 0 N–H and O–H groups in total. The van der Waals surface area contributed by atoms with Crippen molar-refractivity contribution in [1.82, 2.24) is 19.7 Å². The van der Waals surface area contributed by atoms with Gasteiger partial charge in [-0.3, -0.25) is 4.79 Å². The minimum Gasteiger partial charge on any atom is -0.372 e. The Labute approximate surface area is 190 Å². The first-order chi connectivity index (χ1) is 15.1. The summed E-state index contributed by atoms with van der Waals surface area (Å²) in [6.07, 6.45) is 7.50. The van der Waals surface area contributed by atoms with Gasteiger partial charge in [-0.2, -0.15) is 0 Å². The van der Waals surface area contributed by atoms with E-state index in [-0.39, 0.29) is 5.91 Å². The summed E-state index contributed by atoms with van der Waals surface area (Å²) in [5.41, 5.74) is 2.27. The normalized spacial score (nSPS) is 21.1. The number of carbonyl (C=O) groups is 1. The molecule has 1 amide bonds. The van der Waals surface area contributed by atoms with Crippen LogP contribution in [0.1, 0.15) is 52.4 Å². The summed E-state index contributed by atoms with van der Waals surface area (Å²) in [4.78, 5) is 17.5. The van der Waals surface area contributed by atoms with E-state index >= 15 is 0 Å². The lowest BCUT2D eigenvalue weighted by Gasteiger charge is -2.44. The molecule has 2 aromatic rings. The average Bonchev–Trinajstić information content (AvgIpc) is 3.18. The third kappa shape index (κ3) is 4.76. The number of fused-ring (bicyclic) bond motifs is 1. The number of hydrogen-bond acceptors (Lipinski definition) is 5. The lowest BCUT2D eigenvalue weighted by Crippen LogP contribution is -2.50. The minimum atomic E-state index is 0.259. The fourth-order valence-electron chi connectivity index (χ4n) is 5.25. The van der Waals surface area contributed by atoms with Gasteiger partial charge < -0.3 is 14.4 Å². The molecule has 1 saturated carbocycles. The number of thioether (sulfide) groups is 1. The third-order valence-corrected chi connectivity index (χ3v) is 7.98. The molecular formula is C24H35N5OS. The molecular weight excluding hydrogens is 406 g/mol. The molecule has 1 saturated heterocycles. The summed E-state index contributed by atoms with van der Waals surface area (Å²) in [5.74, 6) is 2.26. The lowest BCUT2D eigenvalue weighted by atomic mass is 9.78. The van der Waals surface area contributed by atoms with Gasteiger partial charge in [0.15, 0.2) is 11.0 Å². The number of piperidine rings is 1. The number of rotatable bonds is 7. The van der Waals surface area contributed by atoms with E-state index in [1.165, 1.54) is 49.6 Å². The number of likely N-dealkylation sites (tertiary alicyclic amines) is 1. The quantitative estimate of drug-likeness (QED) is 0.588. The van der Waals surface area contributed by atoms with Crippen molar-refractivity contribution in [2.45, 2.75) is 63.6 Å². The Morgan fingerprint density at radius 3 is 2.52 bits per heavy atom. The van der Waals surface area contributed by atoms with Gasteiger partial charge in [0.05, 0.1) is 5.75 Å². The topological polar surface area (TPSA) is 54.3 Å². The summed E-state index contributed by atoms with van der Waals surface area (Å²) in [7, 11) is 1.98. The van der Waals surface area contributed by atoms with Crippen LogP contribution in [0, 0.1) is 5.92 Å². The van der Waals surface area contributed by atoms with Crippen molar-refractivity contribution >= 4 is 23.4 Å². The predicted molar refractivity (Wildman–Crippen MR) is 127 cm³/mol. The van der Waals surface area contributed by atoms with Gasteiger partial charge in [-0.15, -0.1) is 10.2 Å². The molecule has 2 atom stereocenters. The van der Waals surface area contributed by atoms with Crippen LogP contribution < -0.4 is 4.90 Å². The van der Waals surface area contributed by atoms with Gasteiger partial charge in [-0.25, -0.2) is 0 Å². The highest BCUT2D eigenvalue weighted by atomic mass is 32.2. The van der Waals surface area contributed by atoms with E-state index in [0.717, 1.165) is 48.5 Å². The number of amides is 1. The van der Waals surface area contributed by atoms with Crippen molar-refractivity contribution in [3.05, 3.63) is 24.3 Å². The molecule has 0 spiro atoms. The molecule has 0 bridgehead atoms. The van der Waals surface area contributed by atoms with Crippen molar-refractivity contribution in [2.75, 3.05) is 30.3 Å². The van der Waals surface area contributed by atoms with Gasteiger partial charge in [0.2, 0.25) is 5.91 Å². The van der Waals surface area contributed by atoms with Gasteiger partial charge in [0.25, 0.3) is 0 Å². The molecule has 1 aliphatic heterocycles. The Kier molecular flexibility index (Phi) is 7.20. The SMILES string of the molecule is CCN(CC)c1ccc(-c2nnc(SCC(=O)N3CCCC4CCCCC43)n2C)cc1. The van der Waals surface area contributed by atoms with E-state index in [0.29, 0.717) is 11.8 Å². The summed E-state index contributed by atoms with van der Waals surface area (Å²) in [5, 5.41) is 9.59. The summed E-state index contributed by atoms with van der Waals surface area (Å²) < 4.78 is 2.00. The molecule has 2 aliphatic rings. The molecule has 7 heteroatoms. The fraction of sp³-hybridized carbons (Fsp3) is 0.625. The maximum absolute atomic E-state index is 13.0. The van der Waals surface area contributed by atoms with Crippen LogP contribution in [0.15, 0.2) is 29.4 Å². The molecule has 1 aromatic carbocycles. The maximum atomic E-state index is 13.0. The highest BCUT2D eigenvalue weighted by Gasteiger charge is 2.35. The smallest absolute Gasteiger partial charge is 0.233 e. The summed E-state index contributed by atoms with van der Waals surface area (Å²) in [6, 6.07) is 8.96. The van der Waals surface area contributed by atoms with Crippen LogP contribution in [0.2, 0.25) is 0 Å². The molecule has 1 aliphatic carbocycles. The molecule has 2 fully saturated rings. The zero-order valence-electron chi connectivity index (χ0n) is 19.1. The first-order valence-electron chi connectivity index (χ1n) is 11.8. The number of carbonyl (C=O) groups excluding carboxylic acids is 1. The molecule has 4 rings (SSSR count). The van der Waals surface area contributed by atoms with E-state index < -0.39 is 0 Å². The van der Waals surface area contributed by atoms with Gasteiger partial charge >= 0.3 is 0 Å². The Hall–Kier alpha value is -2.02. The number of nitrogens with zero attached hydrogens (tertiary/aromatic N) is 5. The summed E-state index contributed by atoms with van der Waals surface area (Å²) >= 11 is 1.51. The average molecular weight is 442 g/mol. The molecule has 31 heavy (non-hydrogen) atoms. The second kappa shape index (κ2) is 10.1. The van der Waals surface area contributed by atoms with Crippen molar-refractivity contribution in [1.29, 1.82) is 0 Å². The Bertz CT molecular complexity index is 875. The van der Waals surface area contributed by atoms with Crippen LogP contribution in [0.3, 0.4) is 0 Å². The van der Waals surface area contributed by atoms with Crippen LogP contribution in [0.4, 0.5) is 5.69 Å². The second-order valence-electron chi connectivity index (χ2n) is 8.71. The van der Waals surface area contributed by atoms with E-state index in [1.807, 2.05) is 11.6 Å². The van der Waals surface area contributed by atoms with Gasteiger partial charge in [-0.1, -0.05) is 24.6 Å². The molecule has 1 aromatic heterocycles. The zero-order valence-corrected chi connectivity index (χ0v) is 19.9. The highest BCUT2D eigenvalue weighted by molar-refractivity contribution is 7.99. The molecule has 2 unspecified atom stereocenters. The molecule has 6 nitrogen and oxygen atoms in total. The zero-order chi connectivity index (χ0) is 21.8. The standard InChI is InChI=1S/C24H35N5OS/c1-4-28(5-2)20-14-12-19(13-15-20)23-25-26-24(27(23)3)31-17-22(30)29-16-8-10-18-9-6-7-11-21(18)29/h12-15,18,21H,4-11,16-17H2,1-3H3. The van der Waals surface area contributed by atoms with Crippen LogP contribution in [0.25, 0.3) is 11.4 Å². The predicted octanol–water partition coefficient (Wildman–Crippen LogP) is 4.60. The monoisotopic (exact) mass is 441 g/mol. The first kappa shape index (κ1) is 22.2. The fourth-order valence-corrected chi connectivity index (χ4v) is 6.04. The Morgan fingerprint density at radius 2 is 1.77 bits per heavy atom.